The third-order valence-electron chi connectivity index (χ3n) is 4.93. The van der Waals surface area contributed by atoms with Gasteiger partial charge in [-0.25, -0.2) is 0 Å². The molecule has 23 heavy (non-hydrogen) atoms. The van der Waals surface area contributed by atoms with Crippen LogP contribution in [-0.4, -0.2) is 23.2 Å². The van der Waals surface area contributed by atoms with Gasteiger partial charge in [0, 0.05) is 12.6 Å². The molecule has 1 aromatic rings. The molecule has 0 aromatic heterocycles. The van der Waals surface area contributed by atoms with E-state index in [4.69, 9.17) is 10.8 Å². The normalized spacial score (nSPS) is 18.5. The topological polar surface area (TPSA) is 75.3 Å². The predicted octanol–water partition coefficient (Wildman–Crippen LogP) is 3.09. The summed E-state index contributed by atoms with van der Waals surface area (Å²) in [5.74, 6) is -0.0830. The first-order chi connectivity index (χ1) is 11.1. The van der Waals surface area contributed by atoms with Crippen molar-refractivity contribution in [3.63, 3.8) is 0 Å². The van der Waals surface area contributed by atoms with E-state index in [0.29, 0.717) is 12.5 Å². The van der Waals surface area contributed by atoms with Gasteiger partial charge < -0.3 is 16.2 Å². The summed E-state index contributed by atoms with van der Waals surface area (Å²) in [6, 6.07) is 7.63. The quantitative estimate of drug-likeness (QED) is 0.688. The van der Waals surface area contributed by atoms with Gasteiger partial charge in [-0.05, 0) is 36.8 Å². The summed E-state index contributed by atoms with van der Waals surface area (Å²) in [6.45, 7) is 3.02. The second-order valence-electron chi connectivity index (χ2n) is 6.94. The van der Waals surface area contributed by atoms with Crippen LogP contribution in [-0.2, 0) is 17.8 Å². The molecule has 1 aliphatic carbocycles. The summed E-state index contributed by atoms with van der Waals surface area (Å²) in [6.07, 6.45) is 8.52. The zero-order chi connectivity index (χ0) is 16.7. The number of carboxylic acid groups (broad SMARTS) is 1. The van der Waals surface area contributed by atoms with Crippen molar-refractivity contribution in [1.82, 2.24) is 5.32 Å². The zero-order valence-corrected chi connectivity index (χ0v) is 14.1. The highest BCUT2D eigenvalue weighted by atomic mass is 16.4. The molecule has 1 saturated carbocycles. The van der Waals surface area contributed by atoms with Crippen LogP contribution in [0.2, 0.25) is 0 Å². The Morgan fingerprint density at radius 2 is 1.91 bits per heavy atom. The average molecular weight is 318 g/mol. The Hall–Kier alpha value is -1.39. The number of hydrogen-bond donors (Lipinski definition) is 3. The van der Waals surface area contributed by atoms with Crippen LogP contribution in [0.1, 0.15) is 56.6 Å². The molecule has 0 aliphatic heterocycles. The number of carbonyl (C=O) groups is 1. The number of hydrogen-bond acceptors (Lipinski definition) is 3. The van der Waals surface area contributed by atoms with Crippen LogP contribution in [0, 0.1) is 5.92 Å². The van der Waals surface area contributed by atoms with Gasteiger partial charge >= 0.3 is 5.97 Å². The van der Waals surface area contributed by atoms with E-state index in [2.05, 4.69) is 18.3 Å². The molecule has 0 amide bonds. The molecule has 1 fully saturated rings. The van der Waals surface area contributed by atoms with Crippen molar-refractivity contribution in [1.29, 1.82) is 0 Å². The maximum Gasteiger partial charge on any atom is 0.320 e. The van der Waals surface area contributed by atoms with E-state index >= 15 is 0 Å². The molecular formula is C19H30N2O2. The summed E-state index contributed by atoms with van der Waals surface area (Å²) in [5, 5.41) is 12.6. The first-order valence-electron chi connectivity index (χ1n) is 8.85. The highest BCUT2D eigenvalue weighted by Crippen LogP contribution is 2.27. The molecule has 2 unspecified atom stereocenters. The Labute approximate surface area is 139 Å². The first-order valence-corrected chi connectivity index (χ1v) is 8.85. The molecule has 0 heterocycles. The first kappa shape index (κ1) is 18.0. The maximum atomic E-state index is 11.0. The lowest BCUT2D eigenvalue weighted by molar-refractivity contribution is -0.138. The molecule has 4 N–H and O–H groups in total. The van der Waals surface area contributed by atoms with Crippen LogP contribution in [0.15, 0.2) is 24.3 Å². The third kappa shape index (κ3) is 5.96. The molecule has 1 aliphatic rings. The molecular weight excluding hydrogens is 288 g/mol. The summed E-state index contributed by atoms with van der Waals surface area (Å²) < 4.78 is 0. The smallest absolute Gasteiger partial charge is 0.320 e. The average Bonchev–Trinajstić information content (AvgIpc) is 2.55. The summed E-state index contributed by atoms with van der Waals surface area (Å²) in [5.41, 5.74) is 7.86. The van der Waals surface area contributed by atoms with Gasteiger partial charge in [0.2, 0.25) is 0 Å². The van der Waals surface area contributed by atoms with Crippen molar-refractivity contribution >= 4 is 5.97 Å². The van der Waals surface area contributed by atoms with Crippen molar-refractivity contribution in [2.24, 2.45) is 11.7 Å². The second-order valence-corrected chi connectivity index (χ2v) is 6.94. The van der Waals surface area contributed by atoms with Gasteiger partial charge in [-0.15, -0.1) is 0 Å². The van der Waals surface area contributed by atoms with E-state index in [9.17, 15) is 4.79 Å². The predicted molar refractivity (Wildman–Crippen MR) is 93.3 cm³/mol. The van der Waals surface area contributed by atoms with Crippen molar-refractivity contribution < 1.29 is 9.90 Å². The van der Waals surface area contributed by atoms with Crippen molar-refractivity contribution in [3.8, 4) is 0 Å². The molecule has 4 nitrogen and oxygen atoms in total. The van der Waals surface area contributed by atoms with Gasteiger partial charge in [0.25, 0.3) is 0 Å². The van der Waals surface area contributed by atoms with Gasteiger partial charge in [-0.1, -0.05) is 56.4 Å². The SMILES string of the molecule is CC(CC1CCCCC1)NCc1ccccc1CC(N)C(=O)O. The summed E-state index contributed by atoms with van der Waals surface area (Å²) >= 11 is 0. The van der Waals surface area contributed by atoms with E-state index in [0.717, 1.165) is 23.6 Å². The fourth-order valence-corrected chi connectivity index (χ4v) is 3.54. The summed E-state index contributed by atoms with van der Waals surface area (Å²) in [4.78, 5) is 11.0. The highest BCUT2D eigenvalue weighted by molar-refractivity contribution is 5.73. The largest absolute Gasteiger partial charge is 0.480 e. The molecule has 0 bridgehead atoms. The van der Waals surface area contributed by atoms with Crippen LogP contribution < -0.4 is 11.1 Å². The minimum absolute atomic E-state index is 0.379. The van der Waals surface area contributed by atoms with Crippen molar-refractivity contribution in [2.45, 2.75) is 70.5 Å². The highest BCUT2D eigenvalue weighted by Gasteiger charge is 2.17. The van der Waals surface area contributed by atoms with Gasteiger partial charge in [-0.3, -0.25) is 4.79 Å². The van der Waals surface area contributed by atoms with Gasteiger partial charge in [0.15, 0.2) is 0 Å². The minimum Gasteiger partial charge on any atom is -0.480 e. The lowest BCUT2D eigenvalue weighted by atomic mass is 9.85. The number of carboxylic acids is 1. The molecule has 0 saturated heterocycles. The van der Waals surface area contributed by atoms with Gasteiger partial charge in [0.05, 0.1) is 0 Å². The van der Waals surface area contributed by atoms with E-state index in [1.165, 1.54) is 38.5 Å². The van der Waals surface area contributed by atoms with Gasteiger partial charge in [-0.2, -0.15) is 0 Å². The minimum atomic E-state index is -0.946. The van der Waals surface area contributed by atoms with E-state index in [1.54, 1.807) is 0 Å². The van der Waals surface area contributed by atoms with E-state index in [-0.39, 0.29) is 0 Å². The van der Waals surface area contributed by atoms with Crippen LogP contribution in [0.25, 0.3) is 0 Å². The Balaban J connectivity index is 1.85. The van der Waals surface area contributed by atoms with Crippen LogP contribution in [0.4, 0.5) is 0 Å². The molecule has 1 aromatic carbocycles. The fraction of sp³-hybridized carbons (Fsp3) is 0.632. The number of nitrogens with one attached hydrogen (secondary N) is 1. The van der Waals surface area contributed by atoms with Crippen LogP contribution >= 0.6 is 0 Å². The van der Waals surface area contributed by atoms with E-state index in [1.807, 2.05) is 18.2 Å². The summed E-state index contributed by atoms with van der Waals surface area (Å²) in [7, 11) is 0. The standard InChI is InChI=1S/C19H30N2O2/c1-14(11-15-7-3-2-4-8-15)21-13-17-10-6-5-9-16(17)12-18(20)19(22)23/h5-6,9-10,14-15,18,21H,2-4,7-8,11-13,20H2,1H3,(H,22,23). The third-order valence-corrected chi connectivity index (χ3v) is 4.93. The molecule has 0 spiro atoms. The number of nitrogens with two attached hydrogens (primary N) is 1. The Morgan fingerprint density at radius 1 is 1.26 bits per heavy atom. The Morgan fingerprint density at radius 3 is 2.57 bits per heavy atom. The van der Waals surface area contributed by atoms with Crippen LogP contribution in [0.5, 0.6) is 0 Å². The Kier molecular flexibility index (Phi) is 7.06. The lowest BCUT2D eigenvalue weighted by Crippen LogP contribution is -2.33. The fourth-order valence-electron chi connectivity index (χ4n) is 3.54. The zero-order valence-electron chi connectivity index (χ0n) is 14.1. The van der Waals surface area contributed by atoms with Crippen molar-refractivity contribution in [3.05, 3.63) is 35.4 Å². The monoisotopic (exact) mass is 318 g/mol. The molecule has 2 atom stereocenters. The number of aliphatic carboxylic acids is 1. The number of benzene rings is 1. The van der Waals surface area contributed by atoms with E-state index < -0.39 is 12.0 Å². The molecule has 4 heteroatoms. The molecule has 2 rings (SSSR count). The molecule has 128 valence electrons. The van der Waals surface area contributed by atoms with Gasteiger partial charge in [0.1, 0.15) is 6.04 Å². The van der Waals surface area contributed by atoms with Crippen LogP contribution in [0.3, 0.4) is 0 Å². The maximum absolute atomic E-state index is 11.0. The number of rotatable bonds is 8. The lowest BCUT2D eigenvalue weighted by Gasteiger charge is -2.25. The Bertz CT molecular complexity index is 498. The van der Waals surface area contributed by atoms with Crippen molar-refractivity contribution in [2.75, 3.05) is 0 Å². The second kappa shape index (κ2) is 9.04. The molecule has 0 radical (unpaired) electrons.